The van der Waals surface area contributed by atoms with Gasteiger partial charge in [0.15, 0.2) is 0 Å². The first-order valence-corrected chi connectivity index (χ1v) is 8.18. The third kappa shape index (κ3) is 4.24. The van der Waals surface area contributed by atoms with Crippen molar-refractivity contribution in [3.05, 3.63) is 28.8 Å². The van der Waals surface area contributed by atoms with Crippen molar-refractivity contribution in [2.24, 2.45) is 0 Å². The average molecular weight is 275 g/mol. The molecule has 0 aromatic heterocycles. The standard InChI is InChI=1S/C18H29NO/c1-4-19-13-16-11-14(2)18(15(3)12-16)20-17-9-7-5-6-8-10-17/h11-12,17,19H,4-10,13H2,1-3H3. The lowest BCUT2D eigenvalue weighted by molar-refractivity contribution is 0.181. The summed E-state index contributed by atoms with van der Waals surface area (Å²) in [5, 5.41) is 3.39. The Morgan fingerprint density at radius 3 is 2.20 bits per heavy atom. The third-order valence-corrected chi connectivity index (χ3v) is 4.19. The fourth-order valence-corrected chi connectivity index (χ4v) is 3.12. The third-order valence-electron chi connectivity index (χ3n) is 4.19. The van der Waals surface area contributed by atoms with Crippen molar-refractivity contribution >= 4 is 0 Å². The zero-order valence-corrected chi connectivity index (χ0v) is 13.3. The van der Waals surface area contributed by atoms with Gasteiger partial charge in [-0.25, -0.2) is 0 Å². The highest BCUT2D eigenvalue weighted by atomic mass is 16.5. The Morgan fingerprint density at radius 1 is 1.05 bits per heavy atom. The van der Waals surface area contributed by atoms with Crippen LogP contribution in [0, 0.1) is 13.8 Å². The molecule has 1 N–H and O–H groups in total. The molecule has 0 heterocycles. The molecular formula is C18H29NO. The summed E-state index contributed by atoms with van der Waals surface area (Å²) in [5.74, 6) is 1.12. The van der Waals surface area contributed by atoms with E-state index in [4.69, 9.17) is 4.74 Å². The predicted octanol–water partition coefficient (Wildman–Crippen LogP) is 4.51. The van der Waals surface area contributed by atoms with Gasteiger partial charge >= 0.3 is 0 Å². The molecule has 2 heteroatoms. The van der Waals surface area contributed by atoms with Gasteiger partial charge in [-0.2, -0.15) is 0 Å². The SMILES string of the molecule is CCNCc1cc(C)c(OC2CCCCCC2)c(C)c1. The number of hydrogen-bond donors (Lipinski definition) is 1. The van der Waals surface area contributed by atoms with Gasteiger partial charge in [-0.05, 0) is 62.8 Å². The van der Waals surface area contributed by atoms with Gasteiger partial charge in [-0.1, -0.05) is 31.9 Å². The van der Waals surface area contributed by atoms with Crippen LogP contribution in [0.2, 0.25) is 0 Å². The molecule has 20 heavy (non-hydrogen) atoms. The van der Waals surface area contributed by atoms with Crippen LogP contribution in [0.25, 0.3) is 0 Å². The second kappa shape index (κ2) is 7.68. The normalized spacial score (nSPS) is 16.9. The molecule has 1 saturated carbocycles. The smallest absolute Gasteiger partial charge is 0.125 e. The van der Waals surface area contributed by atoms with Crippen molar-refractivity contribution in [1.29, 1.82) is 0 Å². The Hall–Kier alpha value is -1.02. The number of hydrogen-bond acceptors (Lipinski definition) is 2. The first kappa shape index (κ1) is 15.4. The fraction of sp³-hybridized carbons (Fsp3) is 0.667. The van der Waals surface area contributed by atoms with Crippen LogP contribution in [0.1, 0.15) is 62.1 Å². The van der Waals surface area contributed by atoms with Crippen molar-refractivity contribution in [3.8, 4) is 5.75 Å². The van der Waals surface area contributed by atoms with Gasteiger partial charge in [0.1, 0.15) is 5.75 Å². The van der Waals surface area contributed by atoms with E-state index in [-0.39, 0.29) is 0 Å². The maximum Gasteiger partial charge on any atom is 0.125 e. The zero-order chi connectivity index (χ0) is 14.4. The highest BCUT2D eigenvalue weighted by Crippen LogP contribution is 2.29. The first-order valence-electron chi connectivity index (χ1n) is 8.18. The Morgan fingerprint density at radius 2 is 1.65 bits per heavy atom. The monoisotopic (exact) mass is 275 g/mol. The lowest BCUT2D eigenvalue weighted by atomic mass is 10.0. The highest BCUT2D eigenvalue weighted by molar-refractivity contribution is 5.43. The molecule has 1 fully saturated rings. The van der Waals surface area contributed by atoms with E-state index in [1.807, 2.05) is 0 Å². The van der Waals surface area contributed by atoms with E-state index in [0.29, 0.717) is 6.10 Å². The number of benzene rings is 1. The molecule has 2 rings (SSSR count). The Kier molecular flexibility index (Phi) is 5.90. The quantitative estimate of drug-likeness (QED) is 0.798. The van der Waals surface area contributed by atoms with Gasteiger partial charge in [-0.3, -0.25) is 0 Å². The highest BCUT2D eigenvalue weighted by Gasteiger charge is 2.16. The molecule has 0 bridgehead atoms. The molecule has 112 valence electrons. The fourth-order valence-electron chi connectivity index (χ4n) is 3.12. The lowest BCUT2D eigenvalue weighted by Gasteiger charge is -2.21. The minimum atomic E-state index is 0.425. The molecule has 0 unspecified atom stereocenters. The Balaban J connectivity index is 2.06. The summed E-state index contributed by atoms with van der Waals surface area (Å²) in [7, 11) is 0. The van der Waals surface area contributed by atoms with Gasteiger partial charge in [0.2, 0.25) is 0 Å². The van der Waals surface area contributed by atoms with E-state index in [1.54, 1.807) is 0 Å². The Labute approximate surface area is 123 Å². The van der Waals surface area contributed by atoms with Crippen LogP contribution in [0.15, 0.2) is 12.1 Å². The number of aryl methyl sites for hydroxylation is 2. The van der Waals surface area contributed by atoms with Crippen LogP contribution in [0.5, 0.6) is 5.75 Å². The van der Waals surface area contributed by atoms with Crippen molar-refractivity contribution in [2.45, 2.75) is 71.9 Å². The summed E-state index contributed by atoms with van der Waals surface area (Å²) in [5.41, 5.74) is 3.92. The molecule has 1 aromatic carbocycles. The first-order chi connectivity index (χ1) is 9.70. The van der Waals surface area contributed by atoms with E-state index in [1.165, 1.54) is 55.2 Å². The second-order valence-corrected chi connectivity index (χ2v) is 6.07. The van der Waals surface area contributed by atoms with E-state index in [0.717, 1.165) is 18.8 Å². The number of ether oxygens (including phenoxy) is 1. The van der Waals surface area contributed by atoms with Crippen LogP contribution in [-0.2, 0) is 6.54 Å². The van der Waals surface area contributed by atoms with Crippen LogP contribution < -0.4 is 10.1 Å². The van der Waals surface area contributed by atoms with Gasteiger partial charge in [0.25, 0.3) is 0 Å². The molecule has 1 aliphatic rings. The van der Waals surface area contributed by atoms with E-state index >= 15 is 0 Å². The van der Waals surface area contributed by atoms with Gasteiger partial charge < -0.3 is 10.1 Å². The van der Waals surface area contributed by atoms with Gasteiger partial charge in [0, 0.05) is 6.54 Å². The molecular weight excluding hydrogens is 246 g/mol. The minimum Gasteiger partial charge on any atom is -0.490 e. The van der Waals surface area contributed by atoms with E-state index in [9.17, 15) is 0 Å². The predicted molar refractivity (Wildman–Crippen MR) is 85.4 cm³/mol. The van der Waals surface area contributed by atoms with Crippen molar-refractivity contribution < 1.29 is 4.74 Å². The topological polar surface area (TPSA) is 21.3 Å². The van der Waals surface area contributed by atoms with Crippen molar-refractivity contribution in [1.82, 2.24) is 5.32 Å². The molecule has 0 spiro atoms. The molecule has 0 atom stereocenters. The zero-order valence-electron chi connectivity index (χ0n) is 13.3. The lowest BCUT2D eigenvalue weighted by Crippen LogP contribution is -2.17. The largest absolute Gasteiger partial charge is 0.490 e. The second-order valence-electron chi connectivity index (χ2n) is 6.07. The van der Waals surface area contributed by atoms with Crippen LogP contribution >= 0.6 is 0 Å². The van der Waals surface area contributed by atoms with E-state index < -0.39 is 0 Å². The van der Waals surface area contributed by atoms with Gasteiger partial charge in [0.05, 0.1) is 6.10 Å². The van der Waals surface area contributed by atoms with Gasteiger partial charge in [-0.15, -0.1) is 0 Å². The maximum absolute atomic E-state index is 6.34. The molecule has 2 nitrogen and oxygen atoms in total. The molecule has 1 aliphatic carbocycles. The van der Waals surface area contributed by atoms with Crippen LogP contribution in [-0.4, -0.2) is 12.6 Å². The van der Waals surface area contributed by atoms with Crippen molar-refractivity contribution in [2.75, 3.05) is 6.54 Å². The van der Waals surface area contributed by atoms with Crippen LogP contribution in [0.3, 0.4) is 0 Å². The molecule has 0 radical (unpaired) electrons. The minimum absolute atomic E-state index is 0.425. The molecule has 1 aromatic rings. The van der Waals surface area contributed by atoms with E-state index in [2.05, 4.69) is 38.2 Å². The van der Waals surface area contributed by atoms with Crippen LogP contribution in [0.4, 0.5) is 0 Å². The molecule has 0 amide bonds. The van der Waals surface area contributed by atoms with Crippen molar-refractivity contribution in [3.63, 3.8) is 0 Å². The number of rotatable bonds is 5. The Bertz CT molecular complexity index is 396. The molecule has 0 saturated heterocycles. The summed E-state index contributed by atoms with van der Waals surface area (Å²) in [4.78, 5) is 0. The molecule has 0 aliphatic heterocycles. The number of nitrogens with one attached hydrogen (secondary N) is 1. The summed E-state index contributed by atoms with van der Waals surface area (Å²) in [6.45, 7) is 8.45. The summed E-state index contributed by atoms with van der Waals surface area (Å²) >= 11 is 0. The summed E-state index contributed by atoms with van der Waals surface area (Å²) in [6.07, 6.45) is 8.26. The average Bonchev–Trinajstić information content (AvgIpc) is 2.69. The maximum atomic E-state index is 6.34. The summed E-state index contributed by atoms with van der Waals surface area (Å²) in [6, 6.07) is 4.53. The summed E-state index contributed by atoms with van der Waals surface area (Å²) < 4.78 is 6.34.